The lowest BCUT2D eigenvalue weighted by molar-refractivity contribution is -0.128. The maximum Gasteiger partial charge on any atom is 0.335 e. The molecule has 0 atom stereocenters. The van der Waals surface area contributed by atoms with E-state index in [0.29, 0.717) is 5.75 Å². The maximum absolute atomic E-state index is 11.9. The van der Waals surface area contributed by atoms with Crippen LogP contribution in [0, 0.1) is 0 Å². The first-order chi connectivity index (χ1) is 12.7. The third-order valence-electron chi connectivity index (χ3n) is 4.70. The molecular formula is C23H18O3. The van der Waals surface area contributed by atoms with Crippen molar-refractivity contribution in [2.75, 3.05) is 7.11 Å². The van der Waals surface area contributed by atoms with Crippen LogP contribution in [0.4, 0.5) is 0 Å². The number of benzene rings is 3. The molecule has 128 valence electrons. The van der Waals surface area contributed by atoms with Gasteiger partial charge in [-0.25, -0.2) is 4.79 Å². The van der Waals surface area contributed by atoms with Crippen LogP contribution < -0.4 is 9.47 Å². The molecule has 4 rings (SSSR count). The van der Waals surface area contributed by atoms with Crippen LogP contribution in [-0.4, -0.2) is 13.1 Å². The zero-order chi connectivity index (χ0) is 18.1. The smallest absolute Gasteiger partial charge is 0.335 e. The van der Waals surface area contributed by atoms with E-state index in [1.807, 2.05) is 48.5 Å². The van der Waals surface area contributed by atoms with Crippen molar-refractivity contribution in [3.63, 3.8) is 0 Å². The second kappa shape index (κ2) is 6.52. The van der Waals surface area contributed by atoms with Gasteiger partial charge in [0.15, 0.2) is 0 Å². The van der Waals surface area contributed by atoms with Gasteiger partial charge in [0.25, 0.3) is 0 Å². The summed E-state index contributed by atoms with van der Waals surface area (Å²) < 4.78 is 11.1. The average molecular weight is 342 g/mol. The molecule has 1 aliphatic carbocycles. The Labute approximate surface area is 152 Å². The summed E-state index contributed by atoms with van der Waals surface area (Å²) in [4.78, 5) is 11.9. The number of para-hydroxylation sites is 1. The van der Waals surface area contributed by atoms with Gasteiger partial charge in [0, 0.05) is 17.2 Å². The first-order valence-electron chi connectivity index (χ1n) is 8.44. The van der Waals surface area contributed by atoms with Crippen molar-refractivity contribution in [1.82, 2.24) is 0 Å². The lowest BCUT2D eigenvalue weighted by atomic mass is 9.94. The quantitative estimate of drug-likeness (QED) is 0.297. The maximum atomic E-state index is 11.9. The van der Waals surface area contributed by atoms with E-state index in [1.54, 1.807) is 7.11 Å². The molecule has 1 aliphatic rings. The number of ether oxygens (including phenoxy) is 2. The standard InChI is InChI=1S/C23H18O3/c1-3-22(24)26-21-13-12-17-16-9-5-4-8-15(16)14-19(17)23(21)18-10-6-7-11-20(18)25-2/h3-13H,1,14H2,2H3. The number of hydrogen-bond acceptors (Lipinski definition) is 3. The van der Waals surface area contributed by atoms with Crippen molar-refractivity contribution in [3.05, 3.63) is 84.4 Å². The van der Waals surface area contributed by atoms with Crippen molar-refractivity contribution in [2.45, 2.75) is 6.42 Å². The molecule has 0 radical (unpaired) electrons. The van der Waals surface area contributed by atoms with Gasteiger partial charge in [-0.15, -0.1) is 0 Å². The minimum absolute atomic E-state index is 0.475. The molecule has 0 bridgehead atoms. The predicted molar refractivity (Wildman–Crippen MR) is 103 cm³/mol. The number of carbonyl (C=O) groups excluding carboxylic acids is 1. The number of esters is 1. The largest absolute Gasteiger partial charge is 0.496 e. The van der Waals surface area contributed by atoms with Crippen LogP contribution in [0.2, 0.25) is 0 Å². The van der Waals surface area contributed by atoms with E-state index in [0.717, 1.165) is 28.9 Å². The van der Waals surface area contributed by atoms with Gasteiger partial charge in [0.1, 0.15) is 11.5 Å². The van der Waals surface area contributed by atoms with Crippen molar-refractivity contribution < 1.29 is 14.3 Å². The summed E-state index contributed by atoms with van der Waals surface area (Å²) in [6.07, 6.45) is 1.96. The molecule has 3 heteroatoms. The molecule has 26 heavy (non-hydrogen) atoms. The van der Waals surface area contributed by atoms with Gasteiger partial charge in [-0.2, -0.15) is 0 Å². The number of hydrogen-bond donors (Lipinski definition) is 0. The number of fused-ring (bicyclic) bond motifs is 3. The summed E-state index contributed by atoms with van der Waals surface area (Å²) in [6, 6.07) is 20.0. The Morgan fingerprint density at radius 1 is 0.923 bits per heavy atom. The van der Waals surface area contributed by atoms with Crippen molar-refractivity contribution >= 4 is 5.97 Å². The minimum atomic E-state index is -0.475. The summed E-state index contributed by atoms with van der Waals surface area (Å²) in [6.45, 7) is 3.50. The van der Waals surface area contributed by atoms with Crippen LogP contribution in [0.1, 0.15) is 11.1 Å². The van der Waals surface area contributed by atoms with E-state index in [-0.39, 0.29) is 0 Å². The van der Waals surface area contributed by atoms with Gasteiger partial charge in [-0.05, 0) is 40.8 Å². The highest BCUT2D eigenvalue weighted by Gasteiger charge is 2.26. The average Bonchev–Trinajstić information content (AvgIpc) is 3.06. The van der Waals surface area contributed by atoms with Gasteiger partial charge < -0.3 is 9.47 Å². The highest BCUT2D eigenvalue weighted by atomic mass is 16.5. The molecule has 0 N–H and O–H groups in total. The summed E-state index contributed by atoms with van der Waals surface area (Å²) >= 11 is 0. The van der Waals surface area contributed by atoms with Crippen LogP contribution in [0.3, 0.4) is 0 Å². The third kappa shape index (κ3) is 2.58. The molecule has 0 aromatic heterocycles. The second-order valence-electron chi connectivity index (χ2n) is 6.12. The molecule has 0 aliphatic heterocycles. The lowest BCUT2D eigenvalue weighted by Crippen LogP contribution is -2.06. The lowest BCUT2D eigenvalue weighted by Gasteiger charge is -2.17. The molecule has 3 aromatic carbocycles. The molecule has 0 unspecified atom stereocenters. The molecule has 3 nitrogen and oxygen atoms in total. The molecule has 0 spiro atoms. The van der Waals surface area contributed by atoms with Crippen LogP contribution in [0.25, 0.3) is 22.3 Å². The fraction of sp³-hybridized carbons (Fsp3) is 0.0870. The van der Waals surface area contributed by atoms with Crippen LogP contribution >= 0.6 is 0 Å². The van der Waals surface area contributed by atoms with E-state index in [1.165, 1.54) is 22.8 Å². The second-order valence-corrected chi connectivity index (χ2v) is 6.12. The number of carbonyl (C=O) groups is 1. The Morgan fingerprint density at radius 2 is 1.65 bits per heavy atom. The van der Waals surface area contributed by atoms with Crippen LogP contribution in [0.15, 0.2) is 73.3 Å². The van der Waals surface area contributed by atoms with E-state index < -0.39 is 5.97 Å². The zero-order valence-electron chi connectivity index (χ0n) is 14.5. The van der Waals surface area contributed by atoms with E-state index in [2.05, 4.69) is 18.7 Å². The third-order valence-corrected chi connectivity index (χ3v) is 4.70. The summed E-state index contributed by atoms with van der Waals surface area (Å²) in [7, 11) is 1.65. The van der Waals surface area contributed by atoms with Gasteiger partial charge >= 0.3 is 5.97 Å². The predicted octanol–water partition coefficient (Wildman–Crippen LogP) is 5.02. The van der Waals surface area contributed by atoms with Gasteiger partial charge in [0.05, 0.1) is 7.11 Å². The highest BCUT2D eigenvalue weighted by molar-refractivity contribution is 5.92. The first kappa shape index (κ1) is 16.2. The van der Waals surface area contributed by atoms with Crippen molar-refractivity contribution in [1.29, 1.82) is 0 Å². The van der Waals surface area contributed by atoms with Crippen LogP contribution in [0.5, 0.6) is 11.5 Å². The fourth-order valence-electron chi connectivity index (χ4n) is 3.57. The van der Waals surface area contributed by atoms with E-state index in [9.17, 15) is 4.79 Å². The Bertz CT molecular complexity index is 1020. The molecule has 0 fully saturated rings. The SMILES string of the molecule is C=CC(=O)Oc1ccc2c(c1-c1ccccc1OC)Cc1ccccc1-2. The molecule has 0 saturated heterocycles. The van der Waals surface area contributed by atoms with E-state index >= 15 is 0 Å². The molecule has 3 aromatic rings. The van der Waals surface area contributed by atoms with Crippen molar-refractivity contribution in [2.24, 2.45) is 0 Å². The monoisotopic (exact) mass is 342 g/mol. The van der Waals surface area contributed by atoms with Crippen molar-refractivity contribution in [3.8, 4) is 33.8 Å². The molecular weight excluding hydrogens is 324 g/mol. The minimum Gasteiger partial charge on any atom is -0.496 e. The fourth-order valence-corrected chi connectivity index (χ4v) is 3.57. The van der Waals surface area contributed by atoms with Gasteiger partial charge in [-0.3, -0.25) is 0 Å². The summed E-state index contributed by atoms with van der Waals surface area (Å²) in [5, 5.41) is 0. The summed E-state index contributed by atoms with van der Waals surface area (Å²) in [5.74, 6) is 0.787. The Hall–Kier alpha value is -3.33. The van der Waals surface area contributed by atoms with Crippen LogP contribution in [-0.2, 0) is 11.2 Å². The first-order valence-corrected chi connectivity index (χ1v) is 8.44. The molecule has 0 saturated carbocycles. The Balaban J connectivity index is 1.98. The zero-order valence-corrected chi connectivity index (χ0v) is 14.5. The Morgan fingerprint density at radius 3 is 2.42 bits per heavy atom. The highest BCUT2D eigenvalue weighted by Crippen LogP contribution is 2.47. The number of methoxy groups -OCH3 is 1. The normalized spacial score (nSPS) is 11.4. The summed E-state index contributed by atoms with van der Waals surface area (Å²) in [5.41, 5.74) is 6.61. The topological polar surface area (TPSA) is 35.5 Å². The van der Waals surface area contributed by atoms with Gasteiger partial charge in [-0.1, -0.05) is 55.1 Å². The van der Waals surface area contributed by atoms with E-state index in [4.69, 9.17) is 9.47 Å². The molecule has 0 amide bonds. The molecule has 0 heterocycles. The Kier molecular flexibility index (Phi) is 4.05. The number of rotatable bonds is 4. The van der Waals surface area contributed by atoms with Gasteiger partial charge in [0.2, 0.25) is 0 Å².